The van der Waals surface area contributed by atoms with Crippen molar-refractivity contribution in [3.05, 3.63) is 0 Å². The van der Waals surface area contributed by atoms with E-state index >= 15 is 0 Å². The number of nitrogens with zero attached hydrogens (tertiary/aromatic N) is 1. The molecule has 1 rings (SSSR count). The van der Waals surface area contributed by atoms with Crippen molar-refractivity contribution in [1.29, 1.82) is 0 Å². The minimum absolute atomic E-state index is 0.911. The quantitative estimate of drug-likeness (QED) is 0.485. The lowest BCUT2D eigenvalue weighted by molar-refractivity contribution is 0.0376. The highest BCUT2D eigenvalue weighted by Gasteiger charge is 2.08. The van der Waals surface area contributed by atoms with Gasteiger partial charge in [0.1, 0.15) is 0 Å². The third-order valence-corrected chi connectivity index (χ3v) is 2.19. The van der Waals surface area contributed by atoms with Gasteiger partial charge < -0.3 is 9.82 Å². The Morgan fingerprint density at radius 1 is 1.36 bits per heavy atom. The molecule has 1 heterocycles. The van der Waals surface area contributed by atoms with Crippen LogP contribution in [0, 0.1) is 0 Å². The lowest BCUT2D eigenvalue weighted by Gasteiger charge is -2.26. The van der Waals surface area contributed by atoms with E-state index in [1.165, 1.54) is 13.0 Å². The molecule has 0 aromatic carbocycles. The third-order valence-electron chi connectivity index (χ3n) is 1.90. The van der Waals surface area contributed by atoms with Crippen LogP contribution in [0.25, 0.3) is 0 Å². The summed E-state index contributed by atoms with van der Waals surface area (Å²) in [6.07, 6.45) is 1.23. The molecule has 66 valence electrons. The smallest absolute Gasteiger partial charge is 0.0594 e. The molecule has 0 bridgehead atoms. The van der Waals surface area contributed by atoms with E-state index in [-0.39, 0.29) is 0 Å². The number of morpholine rings is 1. The Morgan fingerprint density at radius 2 is 2.09 bits per heavy atom. The average molecular weight is 176 g/mol. The number of rotatable bonds is 4. The standard InChI is InChI=1S/C7H17N2OP/c11-8-2-1-3-9-4-6-10-7-5-9/h8H,1-7,11H2. The number of hydrogen-bond donors (Lipinski definition) is 1. The zero-order valence-corrected chi connectivity index (χ0v) is 8.04. The molecule has 4 heteroatoms. The van der Waals surface area contributed by atoms with E-state index < -0.39 is 0 Å². The average Bonchev–Trinajstić information content (AvgIpc) is 2.07. The van der Waals surface area contributed by atoms with E-state index in [0.717, 1.165) is 32.8 Å². The van der Waals surface area contributed by atoms with Crippen molar-refractivity contribution in [3.8, 4) is 0 Å². The van der Waals surface area contributed by atoms with Gasteiger partial charge in [0.05, 0.1) is 13.2 Å². The SMILES string of the molecule is PNCCCN1CCOCC1. The largest absolute Gasteiger partial charge is 0.379 e. The summed E-state index contributed by atoms with van der Waals surface area (Å²) in [4.78, 5) is 2.45. The van der Waals surface area contributed by atoms with E-state index in [0.29, 0.717) is 0 Å². The Balaban J connectivity index is 1.96. The number of ether oxygens (including phenoxy) is 1. The molecule has 1 unspecified atom stereocenters. The lowest BCUT2D eigenvalue weighted by Crippen LogP contribution is -2.37. The second-order valence-corrected chi connectivity index (χ2v) is 3.17. The Kier molecular flexibility index (Phi) is 5.04. The molecule has 1 N–H and O–H groups in total. The van der Waals surface area contributed by atoms with Crippen molar-refractivity contribution < 1.29 is 4.74 Å². The molecular weight excluding hydrogens is 159 g/mol. The first-order valence-electron chi connectivity index (χ1n) is 4.17. The predicted octanol–water partition coefficient (Wildman–Crippen LogP) is 0.0884. The zero-order valence-electron chi connectivity index (χ0n) is 6.88. The maximum absolute atomic E-state index is 5.24. The van der Waals surface area contributed by atoms with Gasteiger partial charge in [-0.15, -0.1) is 0 Å². The Hall–Kier alpha value is 0.310. The zero-order chi connectivity index (χ0) is 7.94. The second-order valence-electron chi connectivity index (χ2n) is 2.76. The molecule has 0 spiro atoms. The fourth-order valence-corrected chi connectivity index (χ4v) is 1.43. The molecule has 0 saturated carbocycles. The van der Waals surface area contributed by atoms with Crippen molar-refractivity contribution in [3.63, 3.8) is 0 Å². The normalized spacial score (nSPS) is 20.5. The summed E-state index contributed by atoms with van der Waals surface area (Å²) in [7, 11) is 2.52. The molecule has 0 radical (unpaired) electrons. The fourth-order valence-electron chi connectivity index (χ4n) is 1.23. The highest BCUT2D eigenvalue weighted by molar-refractivity contribution is 7.13. The van der Waals surface area contributed by atoms with Gasteiger partial charge >= 0.3 is 0 Å². The summed E-state index contributed by atoms with van der Waals surface area (Å²) >= 11 is 0. The highest BCUT2D eigenvalue weighted by atomic mass is 31.0. The van der Waals surface area contributed by atoms with Gasteiger partial charge in [-0.3, -0.25) is 4.90 Å². The van der Waals surface area contributed by atoms with Crippen LogP contribution in [0.5, 0.6) is 0 Å². The van der Waals surface area contributed by atoms with Gasteiger partial charge in [0.2, 0.25) is 0 Å². The molecular formula is C7H17N2OP. The maximum atomic E-state index is 5.24. The molecule has 1 saturated heterocycles. The summed E-state index contributed by atoms with van der Waals surface area (Å²) in [6, 6.07) is 0. The highest BCUT2D eigenvalue weighted by Crippen LogP contribution is 1.97. The molecule has 1 aliphatic heterocycles. The molecule has 3 nitrogen and oxygen atoms in total. The van der Waals surface area contributed by atoms with Gasteiger partial charge in [0.25, 0.3) is 0 Å². The van der Waals surface area contributed by atoms with Gasteiger partial charge in [-0.05, 0) is 19.5 Å². The first kappa shape index (κ1) is 9.40. The Labute approximate surface area is 70.7 Å². The van der Waals surface area contributed by atoms with Crippen LogP contribution in [0.15, 0.2) is 0 Å². The summed E-state index contributed by atoms with van der Waals surface area (Å²) < 4.78 is 5.24. The van der Waals surface area contributed by atoms with Gasteiger partial charge in [-0.25, -0.2) is 0 Å². The summed E-state index contributed by atoms with van der Waals surface area (Å²) in [5.41, 5.74) is 0. The van der Waals surface area contributed by atoms with Gasteiger partial charge in [0, 0.05) is 13.1 Å². The van der Waals surface area contributed by atoms with E-state index in [1.54, 1.807) is 0 Å². The van der Waals surface area contributed by atoms with Crippen LogP contribution in [0.4, 0.5) is 0 Å². The molecule has 1 fully saturated rings. The molecule has 1 aliphatic rings. The first-order valence-corrected chi connectivity index (χ1v) is 4.75. The van der Waals surface area contributed by atoms with Crippen LogP contribution in [-0.2, 0) is 4.74 Å². The van der Waals surface area contributed by atoms with Crippen molar-refractivity contribution in [2.45, 2.75) is 6.42 Å². The minimum atomic E-state index is 0.911. The first-order chi connectivity index (χ1) is 5.43. The van der Waals surface area contributed by atoms with Crippen LogP contribution in [0.1, 0.15) is 6.42 Å². The van der Waals surface area contributed by atoms with E-state index in [1.807, 2.05) is 0 Å². The summed E-state index contributed by atoms with van der Waals surface area (Å²) in [6.45, 7) is 6.32. The van der Waals surface area contributed by atoms with Crippen LogP contribution in [0.3, 0.4) is 0 Å². The maximum Gasteiger partial charge on any atom is 0.0594 e. The van der Waals surface area contributed by atoms with Crippen LogP contribution >= 0.6 is 9.39 Å². The Morgan fingerprint density at radius 3 is 2.73 bits per heavy atom. The number of hydrogen-bond acceptors (Lipinski definition) is 3. The van der Waals surface area contributed by atoms with Crippen molar-refractivity contribution in [2.24, 2.45) is 0 Å². The fraction of sp³-hybridized carbons (Fsp3) is 1.00. The molecule has 0 aliphatic carbocycles. The monoisotopic (exact) mass is 176 g/mol. The van der Waals surface area contributed by atoms with Crippen molar-refractivity contribution in [2.75, 3.05) is 39.4 Å². The molecule has 1 atom stereocenters. The van der Waals surface area contributed by atoms with E-state index in [4.69, 9.17) is 4.74 Å². The van der Waals surface area contributed by atoms with Gasteiger partial charge in [0.15, 0.2) is 0 Å². The minimum Gasteiger partial charge on any atom is -0.379 e. The van der Waals surface area contributed by atoms with Crippen LogP contribution in [-0.4, -0.2) is 44.3 Å². The van der Waals surface area contributed by atoms with Crippen molar-refractivity contribution >= 4 is 9.39 Å². The van der Waals surface area contributed by atoms with Gasteiger partial charge in [-0.1, -0.05) is 9.39 Å². The van der Waals surface area contributed by atoms with Crippen LogP contribution < -0.4 is 5.09 Å². The Bertz CT molecular complexity index is 96.4. The summed E-state index contributed by atoms with van der Waals surface area (Å²) in [5.74, 6) is 0. The second kappa shape index (κ2) is 5.90. The molecule has 0 aromatic rings. The number of nitrogens with one attached hydrogen (secondary N) is 1. The topological polar surface area (TPSA) is 24.5 Å². The molecule has 11 heavy (non-hydrogen) atoms. The van der Waals surface area contributed by atoms with E-state index in [2.05, 4.69) is 19.4 Å². The van der Waals surface area contributed by atoms with Gasteiger partial charge in [-0.2, -0.15) is 0 Å². The van der Waals surface area contributed by atoms with Crippen molar-refractivity contribution in [1.82, 2.24) is 9.99 Å². The van der Waals surface area contributed by atoms with E-state index in [9.17, 15) is 0 Å². The van der Waals surface area contributed by atoms with Crippen LogP contribution in [0.2, 0.25) is 0 Å². The third kappa shape index (κ3) is 4.02. The summed E-state index contributed by atoms with van der Waals surface area (Å²) in [5, 5.41) is 3.07. The molecule has 0 aromatic heterocycles. The lowest BCUT2D eigenvalue weighted by atomic mass is 10.3. The molecule has 0 amide bonds. The predicted molar refractivity (Wildman–Crippen MR) is 49.6 cm³/mol.